The van der Waals surface area contributed by atoms with Crippen LogP contribution >= 0.6 is 0 Å². The predicted molar refractivity (Wildman–Crippen MR) is 114 cm³/mol. The van der Waals surface area contributed by atoms with Crippen molar-refractivity contribution in [3.8, 4) is 0 Å². The molecule has 0 saturated heterocycles. The minimum Gasteiger partial charge on any atom is -0.393 e. The molecule has 1 aromatic rings. The third-order valence-electron chi connectivity index (χ3n) is 8.94. The largest absolute Gasteiger partial charge is 0.393 e. The van der Waals surface area contributed by atoms with Crippen molar-refractivity contribution in [1.29, 1.82) is 0 Å². The van der Waals surface area contributed by atoms with Crippen LogP contribution in [0.3, 0.4) is 0 Å². The number of fused-ring (bicyclic) bond motifs is 5. The highest BCUT2D eigenvalue weighted by Gasteiger charge is 2.61. The Morgan fingerprint density at radius 2 is 2.03 bits per heavy atom. The topological polar surface area (TPSA) is 53.4 Å². The molecule has 1 amide bonds. The molecule has 0 spiro atoms. The SMILES string of the molecule is CN1C(=O)C=C[C@]2(C)[C@H]3CC[C@]4(C)[C@@H](O)CC[C@H]4[C@@H]3CC(=Cc3ccccn3)[C@@H]12. The second-order valence-electron chi connectivity index (χ2n) is 10.2. The van der Waals surface area contributed by atoms with Crippen LogP contribution in [0.1, 0.15) is 51.6 Å². The van der Waals surface area contributed by atoms with Gasteiger partial charge in [0.15, 0.2) is 0 Å². The van der Waals surface area contributed by atoms with Crippen molar-refractivity contribution in [3.05, 3.63) is 47.8 Å². The molecule has 0 bridgehead atoms. The summed E-state index contributed by atoms with van der Waals surface area (Å²) in [6.45, 7) is 4.67. The van der Waals surface area contributed by atoms with E-state index in [-0.39, 0.29) is 28.9 Å². The molecule has 0 aromatic carbocycles. The van der Waals surface area contributed by atoms with E-state index in [4.69, 9.17) is 0 Å². The van der Waals surface area contributed by atoms with Crippen molar-refractivity contribution in [3.63, 3.8) is 0 Å². The van der Waals surface area contributed by atoms with Gasteiger partial charge >= 0.3 is 0 Å². The monoisotopic (exact) mass is 392 g/mol. The molecule has 4 nitrogen and oxygen atoms in total. The second kappa shape index (κ2) is 6.53. The zero-order valence-corrected chi connectivity index (χ0v) is 17.7. The molecule has 3 fully saturated rings. The molecule has 4 aliphatic rings. The minimum atomic E-state index is -0.173. The first-order chi connectivity index (χ1) is 13.8. The molecule has 1 aliphatic heterocycles. The van der Waals surface area contributed by atoms with E-state index < -0.39 is 0 Å². The van der Waals surface area contributed by atoms with E-state index in [1.807, 2.05) is 36.3 Å². The van der Waals surface area contributed by atoms with E-state index >= 15 is 0 Å². The fourth-order valence-corrected chi connectivity index (χ4v) is 7.47. The Hall–Kier alpha value is -1.94. The predicted octanol–water partition coefficient (Wildman–Crippen LogP) is 4.08. The summed E-state index contributed by atoms with van der Waals surface area (Å²) in [6.07, 6.45) is 13.1. The second-order valence-corrected chi connectivity index (χ2v) is 10.2. The Bertz CT molecular complexity index is 878. The van der Waals surface area contributed by atoms with Gasteiger partial charge in [0, 0.05) is 18.7 Å². The molecule has 154 valence electrons. The van der Waals surface area contributed by atoms with Crippen molar-refractivity contribution in [2.75, 3.05) is 7.05 Å². The van der Waals surface area contributed by atoms with Gasteiger partial charge in [0.2, 0.25) is 5.91 Å². The van der Waals surface area contributed by atoms with Gasteiger partial charge in [-0.2, -0.15) is 0 Å². The highest BCUT2D eigenvalue weighted by molar-refractivity contribution is 5.89. The number of carbonyl (C=O) groups excluding carboxylic acids is 1. The van der Waals surface area contributed by atoms with Gasteiger partial charge in [-0.15, -0.1) is 0 Å². The average molecular weight is 393 g/mol. The molecule has 3 aliphatic carbocycles. The normalized spacial score (nSPS) is 45.1. The smallest absolute Gasteiger partial charge is 0.246 e. The maximum absolute atomic E-state index is 12.6. The summed E-state index contributed by atoms with van der Waals surface area (Å²) in [7, 11) is 1.95. The van der Waals surface area contributed by atoms with E-state index in [0.29, 0.717) is 17.8 Å². The molecule has 4 heteroatoms. The molecular formula is C25H32N2O2. The quantitative estimate of drug-likeness (QED) is 0.784. The van der Waals surface area contributed by atoms with Gasteiger partial charge in [0.1, 0.15) is 0 Å². The maximum atomic E-state index is 12.6. The number of likely N-dealkylation sites (N-methyl/N-ethyl adjacent to an activating group) is 1. The van der Waals surface area contributed by atoms with Crippen LogP contribution in [0.5, 0.6) is 0 Å². The third kappa shape index (κ3) is 2.68. The number of carbonyl (C=O) groups is 1. The van der Waals surface area contributed by atoms with E-state index in [2.05, 4.69) is 31.0 Å². The Kier molecular flexibility index (Phi) is 4.29. The summed E-state index contributed by atoms with van der Waals surface area (Å²) in [4.78, 5) is 19.1. The van der Waals surface area contributed by atoms with Crippen LogP contribution in [0.4, 0.5) is 0 Å². The molecule has 1 N–H and O–H groups in total. The number of hydrogen-bond donors (Lipinski definition) is 1. The van der Waals surface area contributed by atoms with Crippen LogP contribution in [0.2, 0.25) is 0 Å². The Labute approximate surface area is 173 Å². The number of amides is 1. The fraction of sp³-hybridized carbons (Fsp3) is 0.600. The number of hydrogen-bond acceptors (Lipinski definition) is 3. The van der Waals surface area contributed by atoms with Crippen LogP contribution in [0.15, 0.2) is 42.1 Å². The summed E-state index contributed by atoms with van der Waals surface area (Å²) in [5, 5.41) is 10.8. The summed E-state index contributed by atoms with van der Waals surface area (Å²) < 4.78 is 0. The first-order valence-corrected chi connectivity index (χ1v) is 11.1. The maximum Gasteiger partial charge on any atom is 0.246 e. The van der Waals surface area contributed by atoms with Crippen LogP contribution in [0, 0.1) is 28.6 Å². The van der Waals surface area contributed by atoms with Crippen LogP contribution in [-0.4, -0.2) is 40.1 Å². The van der Waals surface area contributed by atoms with Gasteiger partial charge in [-0.25, -0.2) is 0 Å². The van der Waals surface area contributed by atoms with Gasteiger partial charge in [0.25, 0.3) is 0 Å². The molecule has 0 radical (unpaired) electrons. The van der Waals surface area contributed by atoms with Crippen LogP contribution < -0.4 is 0 Å². The summed E-state index contributed by atoms with van der Waals surface area (Å²) in [5.41, 5.74) is 2.25. The van der Waals surface area contributed by atoms with Gasteiger partial charge in [-0.05, 0) is 85.1 Å². The molecule has 5 rings (SSSR count). The lowest BCUT2D eigenvalue weighted by molar-refractivity contribution is -0.135. The van der Waals surface area contributed by atoms with E-state index in [1.165, 1.54) is 5.57 Å². The first kappa shape index (κ1) is 19.0. The molecule has 0 unspecified atom stereocenters. The number of aliphatic hydroxyl groups excluding tert-OH is 1. The lowest BCUT2D eigenvalue weighted by Gasteiger charge is -2.60. The van der Waals surface area contributed by atoms with Crippen molar-refractivity contribution in [2.45, 2.75) is 58.1 Å². The Morgan fingerprint density at radius 1 is 1.21 bits per heavy atom. The first-order valence-electron chi connectivity index (χ1n) is 11.1. The summed E-state index contributed by atoms with van der Waals surface area (Å²) >= 11 is 0. The molecule has 3 saturated carbocycles. The number of aromatic nitrogens is 1. The van der Waals surface area contributed by atoms with E-state index in [9.17, 15) is 9.90 Å². The van der Waals surface area contributed by atoms with Gasteiger partial charge in [0.05, 0.1) is 17.8 Å². The van der Waals surface area contributed by atoms with Crippen LogP contribution in [-0.2, 0) is 4.79 Å². The molecule has 29 heavy (non-hydrogen) atoms. The Balaban J connectivity index is 1.62. The lowest BCUT2D eigenvalue weighted by atomic mass is 9.47. The summed E-state index contributed by atoms with van der Waals surface area (Å²) in [5.74, 6) is 1.74. The van der Waals surface area contributed by atoms with E-state index in [0.717, 1.165) is 37.8 Å². The zero-order valence-electron chi connectivity index (χ0n) is 17.7. The number of aliphatic hydroxyl groups is 1. The molecule has 7 atom stereocenters. The minimum absolute atomic E-state index is 0.0422. The number of pyridine rings is 1. The third-order valence-corrected chi connectivity index (χ3v) is 8.94. The number of nitrogens with zero attached hydrogens (tertiary/aromatic N) is 2. The fourth-order valence-electron chi connectivity index (χ4n) is 7.47. The van der Waals surface area contributed by atoms with Gasteiger partial charge in [-0.1, -0.05) is 26.0 Å². The zero-order chi connectivity index (χ0) is 20.4. The summed E-state index contributed by atoms with van der Waals surface area (Å²) in [6, 6.07) is 6.08. The van der Waals surface area contributed by atoms with Crippen molar-refractivity contribution in [2.24, 2.45) is 28.6 Å². The lowest BCUT2D eigenvalue weighted by Crippen LogP contribution is -2.60. The van der Waals surface area contributed by atoms with E-state index in [1.54, 1.807) is 6.08 Å². The highest BCUT2D eigenvalue weighted by Crippen LogP contribution is 2.64. The van der Waals surface area contributed by atoms with Gasteiger partial charge < -0.3 is 10.0 Å². The molecular weight excluding hydrogens is 360 g/mol. The van der Waals surface area contributed by atoms with Crippen molar-refractivity contribution in [1.82, 2.24) is 9.88 Å². The standard InChI is InChI=1S/C25H32N2O2/c1-24-11-9-20-18(19(24)7-8-21(24)28)15-16(14-17-6-4-5-13-26-17)23-25(20,2)12-10-22(29)27(23)3/h4-6,10,12-14,18-21,23,28H,7-9,11,15H2,1-3H3/t18-,19-,20-,21-,23+,24-,25+/m0/s1. The van der Waals surface area contributed by atoms with Gasteiger partial charge in [-0.3, -0.25) is 9.78 Å². The number of rotatable bonds is 1. The van der Waals surface area contributed by atoms with Crippen LogP contribution in [0.25, 0.3) is 6.08 Å². The van der Waals surface area contributed by atoms with Crippen molar-refractivity contribution < 1.29 is 9.90 Å². The highest BCUT2D eigenvalue weighted by atomic mass is 16.3. The molecule has 1 aromatic heterocycles. The average Bonchev–Trinajstić information content (AvgIpc) is 3.01. The van der Waals surface area contributed by atoms with Crippen molar-refractivity contribution >= 4 is 12.0 Å². The molecule has 2 heterocycles. The Morgan fingerprint density at radius 3 is 2.79 bits per heavy atom.